The standard InChI is InChI=1S/C19H14ClN5O3S/c1-11-2-4-12(5-3-11)17(26)22-23-19-21-15(10-29-19)16-18(27)28-24-25(16)14-8-6-13(20)7-9-14/h2-10,24,27H,1H3. The van der Waals surface area contributed by atoms with Gasteiger partial charge in [0.1, 0.15) is 5.69 Å². The van der Waals surface area contributed by atoms with E-state index in [2.05, 4.69) is 20.8 Å². The largest absolute Gasteiger partial charge is 0.478 e. The van der Waals surface area contributed by atoms with Gasteiger partial charge >= 0.3 is 5.95 Å². The Balaban J connectivity index is 1.54. The lowest BCUT2D eigenvalue weighted by Gasteiger charge is -2.17. The molecule has 0 atom stereocenters. The highest BCUT2D eigenvalue weighted by Crippen LogP contribution is 2.33. The number of hydrogen-bond donors (Lipinski definition) is 2. The van der Waals surface area contributed by atoms with Crippen molar-refractivity contribution in [2.24, 2.45) is 10.2 Å². The highest BCUT2D eigenvalue weighted by molar-refractivity contribution is 7.13. The fourth-order valence-corrected chi connectivity index (χ4v) is 3.28. The van der Waals surface area contributed by atoms with E-state index in [-0.39, 0.29) is 11.1 Å². The third-order valence-corrected chi connectivity index (χ3v) is 4.98. The summed E-state index contributed by atoms with van der Waals surface area (Å²) >= 11 is 7.10. The average Bonchev–Trinajstić information content (AvgIpc) is 3.33. The van der Waals surface area contributed by atoms with Crippen molar-refractivity contribution in [3.8, 4) is 0 Å². The molecule has 0 spiro atoms. The van der Waals surface area contributed by atoms with Crippen LogP contribution in [0.4, 0.5) is 10.8 Å². The molecule has 3 aromatic rings. The van der Waals surface area contributed by atoms with E-state index in [1.165, 1.54) is 16.3 Å². The quantitative estimate of drug-likeness (QED) is 0.557. The van der Waals surface area contributed by atoms with Gasteiger partial charge in [-0.2, -0.15) is 0 Å². The molecule has 2 heterocycles. The Labute approximate surface area is 174 Å². The number of azo groups is 1. The predicted molar refractivity (Wildman–Crippen MR) is 110 cm³/mol. The number of hydrazine groups is 1. The van der Waals surface area contributed by atoms with Crippen molar-refractivity contribution in [3.05, 3.63) is 81.7 Å². The third kappa shape index (κ3) is 4.11. The molecule has 146 valence electrons. The molecule has 10 heteroatoms. The van der Waals surface area contributed by atoms with Crippen molar-refractivity contribution < 1.29 is 14.7 Å². The molecular weight excluding hydrogens is 414 g/mol. The molecule has 0 bridgehead atoms. The van der Waals surface area contributed by atoms with Gasteiger partial charge in [-0.15, -0.1) is 21.6 Å². The Bertz CT molecular complexity index is 1110. The van der Waals surface area contributed by atoms with E-state index in [4.69, 9.17) is 16.4 Å². The van der Waals surface area contributed by atoms with Gasteiger partial charge < -0.3 is 9.94 Å². The van der Waals surface area contributed by atoms with Crippen LogP contribution in [0.5, 0.6) is 0 Å². The molecule has 0 radical (unpaired) electrons. The summed E-state index contributed by atoms with van der Waals surface area (Å²) in [4.78, 5) is 21.5. The summed E-state index contributed by atoms with van der Waals surface area (Å²) in [5.74, 6) is -0.804. The number of rotatable bonds is 4. The maximum atomic E-state index is 12.1. The van der Waals surface area contributed by atoms with Crippen LogP contribution in [-0.2, 0) is 4.84 Å². The second-order valence-corrected chi connectivity index (χ2v) is 7.32. The number of nitrogens with one attached hydrogen (secondary N) is 1. The number of carbonyl (C=O) groups is 1. The Morgan fingerprint density at radius 3 is 2.66 bits per heavy atom. The van der Waals surface area contributed by atoms with Crippen LogP contribution in [0.3, 0.4) is 0 Å². The highest BCUT2D eigenvalue weighted by atomic mass is 35.5. The lowest BCUT2D eigenvalue weighted by atomic mass is 10.1. The van der Waals surface area contributed by atoms with Crippen LogP contribution in [0.25, 0.3) is 5.70 Å². The lowest BCUT2D eigenvalue weighted by molar-refractivity contribution is 0.0461. The number of benzene rings is 2. The van der Waals surface area contributed by atoms with Gasteiger partial charge in [0.25, 0.3) is 5.91 Å². The Kier molecular flexibility index (Phi) is 5.26. The zero-order valence-electron chi connectivity index (χ0n) is 15.0. The number of aliphatic hydroxyl groups is 1. The average molecular weight is 428 g/mol. The van der Waals surface area contributed by atoms with Gasteiger partial charge in [0, 0.05) is 16.0 Å². The summed E-state index contributed by atoms with van der Waals surface area (Å²) in [7, 11) is 0. The second kappa shape index (κ2) is 8.00. The van der Waals surface area contributed by atoms with Gasteiger partial charge in [-0.05, 0) is 43.3 Å². The number of anilines is 1. The number of halogens is 1. The molecule has 0 fully saturated rings. The van der Waals surface area contributed by atoms with Gasteiger partial charge in [0.05, 0.1) is 5.69 Å². The zero-order valence-corrected chi connectivity index (χ0v) is 16.6. The van der Waals surface area contributed by atoms with Crippen molar-refractivity contribution in [1.82, 2.24) is 10.6 Å². The summed E-state index contributed by atoms with van der Waals surface area (Å²) in [5.41, 5.74) is 5.48. The van der Waals surface area contributed by atoms with Crippen LogP contribution >= 0.6 is 22.9 Å². The summed E-state index contributed by atoms with van der Waals surface area (Å²) in [6, 6.07) is 14.0. The molecule has 1 aromatic heterocycles. The SMILES string of the molecule is Cc1ccc(C(=O)N=Nc2nc(C3=C(O)ONN3c3ccc(Cl)cc3)cs2)cc1. The fraction of sp³-hybridized carbons (Fsp3) is 0.0526. The van der Waals surface area contributed by atoms with E-state index >= 15 is 0 Å². The molecule has 1 aliphatic heterocycles. The van der Waals surface area contributed by atoms with Crippen LogP contribution in [0.15, 0.2) is 70.1 Å². The lowest BCUT2D eigenvalue weighted by Crippen LogP contribution is -2.30. The number of hydrogen-bond acceptors (Lipinski definition) is 8. The molecule has 0 aliphatic carbocycles. The first-order chi connectivity index (χ1) is 14.0. The van der Waals surface area contributed by atoms with E-state index in [1.807, 2.05) is 19.1 Å². The first-order valence-corrected chi connectivity index (χ1v) is 9.67. The van der Waals surface area contributed by atoms with Crippen LogP contribution in [0.2, 0.25) is 5.02 Å². The molecular formula is C19H14ClN5O3S. The van der Waals surface area contributed by atoms with Crippen molar-refractivity contribution in [2.45, 2.75) is 6.92 Å². The number of aliphatic hydroxyl groups excluding tert-OH is 1. The number of aromatic nitrogens is 1. The zero-order chi connectivity index (χ0) is 20.4. The minimum atomic E-state index is -0.461. The molecule has 1 amide bonds. The number of aryl methyl sites for hydroxylation is 1. The molecule has 4 rings (SSSR count). The predicted octanol–water partition coefficient (Wildman–Crippen LogP) is 5.17. The van der Waals surface area contributed by atoms with Crippen LogP contribution in [0, 0.1) is 6.92 Å². The second-order valence-electron chi connectivity index (χ2n) is 6.05. The molecule has 0 saturated carbocycles. The van der Waals surface area contributed by atoms with E-state index in [0.717, 1.165) is 5.56 Å². The van der Waals surface area contributed by atoms with Crippen molar-refractivity contribution in [3.63, 3.8) is 0 Å². The normalized spacial score (nSPS) is 13.9. The van der Waals surface area contributed by atoms with E-state index in [9.17, 15) is 9.90 Å². The van der Waals surface area contributed by atoms with Crippen LogP contribution in [0.1, 0.15) is 21.6 Å². The van der Waals surface area contributed by atoms with E-state index in [1.54, 1.807) is 41.8 Å². The number of carbonyl (C=O) groups excluding carboxylic acids is 1. The summed E-state index contributed by atoms with van der Waals surface area (Å²) in [6.45, 7) is 1.94. The number of amides is 1. The summed E-state index contributed by atoms with van der Waals surface area (Å²) in [6.07, 6.45) is 0. The smallest absolute Gasteiger partial charge is 0.327 e. The molecule has 2 aromatic carbocycles. The highest BCUT2D eigenvalue weighted by Gasteiger charge is 2.29. The first kappa shape index (κ1) is 19.1. The minimum absolute atomic E-state index is 0.267. The van der Waals surface area contributed by atoms with Crippen molar-refractivity contribution in [2.75, 3.05) is 5.01 Å². The molecule has 0 saturated heterocycles. The maximum absolute atomic E-state index is 12.1. The number of thiazole rings is 1. The van der Waals surface area contributed by atoms with E-state index in [0.29, 0.717) is 27.7 Å². The molecule has 8 nitrogen and oxygen atoms in total. The topological polar surface area (TPSA) is 99.4 Å². The van der Waals surface area contributed by atoms with Gasteiger partial charge in [0.15, 0.2) is 5.70 Å². The van der Waals surface area contributed by atoms with Gasteiger partial charge in [-0.3, -0.25) is 4.79 Å². The van der Waals surface area contributed by atoms with Gasteiger partial charge in [-0.25, -0.2) is 9.99 Å². The van der Waals surface area contributed by atoms with Crippen molar-refractivity contribution in [1.29, 1.82) is 0 Å². The Hall–Kier alpha value is -3.27. The maximum Gasteiger partial charge on any atom is 0.327 e. The summed E-state index contributed by atoms with van der Waals surface area (Å²) in [5, 5.41) is 21.8. The molecule has 29 heavy (non-hydrogen) atoms. The van der Waals surface area contributed by atoms with Crippen LogP contribution in [-0.4, -0.2) is 16.0 Å². The Morgan fingerprint density at radius 1 is 1.21 bits per heavy atom. The number of nitrogens with zero attached hydrogens (tertiary/aromatic N) is 4. The van der Waals surface area contributed by atoms with E-state index < -0.39 is 5.91 Å². The molecule has 2 N–H and O–H groups in total. The first-order valence-electron chi connectivity index (χ1n) is 8.41. The fourth-order valence-electron chi connectivity index (χ4n) is 2.54. The molecule has 0 unspecified atom stereocenters. The Morgan fingerprint density at radius 2 is 1.93 bits per heavy atom. The third-order valence-electron chi connectivity index (χ3n) is 4.00. The van der Waals surface area contributed by atoms with Crippen LogP contribution < -0.4 is 10.6 Å². The van der Waals surface area contributed by atoms with Crippen molar-refractivity contribution >= 4 is 45.4 Å². The summed E-state index contributed by atoms with van der Waals surface area (Å²) < 4.78 is 0. The molecule has 1 aliphatic rings. The minimum Gasteiger partial charge on any atom is -0.478 e. The monoisotopic (exact) mass is 427 g/mol. The van der Waals surface area contributed by atoms with Gasteiger partial charge in [0.2, 0.25) is 5.13 Å². The van der Waals surface area contributed by atoms with Gasteiger partial charge in [-0.1, -0.05) is 34.9 Å².